The van der Waals surface area contributed by atoms with E-state index in [1.165, 1.54) is 17.0 Å². The molecule has 0 aromatic heterocycles. The van der Waals surface area contributed by atoms with E-state index < -0.39 is 11.6 Å². The van der Waals surface area contributed by atoms with Crippen molar-refractivity contribution in [3.8, 4) is 17.2 Å². The van der Waals surface area contributed by atoms with Crippen LogP contribution in [0.4, 0.5) is 14.5 Å². The van der Waals surface area contributed by atoms with Crippen molar-refractivity contribution in [1.82, 2.24) is 0 Å². The quantitative estimate of drug-likeness (QED) is 0.849. The number of nitriles is 1. The number of benzene rings is 2. The summed E-state index contributed by atoms with van der Waals surface area (Å²) < 4.78 is 28.8. The Hall–Kier alpha value is -2.74. The molecule has 1 aliphatic heterocycles. The molecule has 0 aliphatic carbocycles. The van der Waals surface area contributed by atoms with Crippen molar-refractivity contribution >= 4 is 11.6 Å². The minimum Gasteiger partial charge on any atom is -0.310 e. The van der Waals surface area contributed by atoms with E-state index in [2.05, 4.69) is 0 Å². The fraction of sp³-hybridized carbons (Fsp3) is 0.176. The van der Waals surface area contributed by atoms with Gasteiger partial charge in [-0.2, -0.15) is 5.26 Å². The molecule has 0 spiro atoms. The van der Waals surface area contributed by atoms with E-state index in [4.69, 9.17) is 5.26 Å². The van der Waals surface area contributed by atoms with Gasteiger partial charge in [0.2, 0.25) is 5.91 Å². The summed E-state index contributed by atoms with van der Waals surface area (Å²) in [4.78, 5) is 12.9. The zero-order valence-corrected chi connectivity index (χ0v) is 11.6. The second-order valence-corrected chi connectivity index (χ2v) is 5.07. The maximum Gasteiger partial charge on any atom is 0.227 e. The second-order valence-electron chi connectivity index (χ2n) is 5.07. The third-order valence-corrected chi connectivity index (χ3v) is 3.76. The number of carbonyl (C=O) groups is 1. The highest BCUT2D eigenvalue weighted by Crippen LogP contribution is 2.33. The summed E-state index contributed by atoms with van der Waals surface area (Å²) in [5.74, 6) is -2.30. The largest absolute Gasteiger partial charge is 0.310 e. The number of nitrogens with zero attached hydrogens (tertiary/aromatic N) is 2. The van der Waals surface area contributed by atoms with Gasteiger partial charge in [-0.3, -0.25) is 4.79 Å². The van der Waals surface area contributed by atoms with Crippen LogP contribution in [-0.4, -0.2) is 12.5 Å². The monoisotopic (exact) mass is 298 g/mol. The molecule has 3 nitrogen and oxygen atoms in total. The van der Waals surface area contributed by atoms with Gasteiger partial charge < -0.3 is 4.90 Å². The topological polar surface area (TPSA) is 44.1 Å². The molecule has 1 heterocycles. The fourth-order valence-electron chi connectivity index (χ4n) is 2.67. The molecule has 1 saturated heterocycles. The predicted molar refractivity (Wildman–Crippen MR) is 78.1 cm³/mol. The first-order chi connectivity index (χ1) is 10.6. The Bertz CT molecular complexity index is 796. The molecular weight excluding hydrogens is 286 g/mol. The molecule has 0 atom stereocenters. The number of carbonyl (C=O) groups excluding carboxylic acids is 1. The molecule has 110 valence electrons. The zero-order chi connectivity index (χ0) is 15.7. The Morgan fingerprint density at radius 2 is 1.82 bits per heavy atom. The first-order valence-electron chi connectivity index (χ1n) is 6.91. The lowest BCUT2D eigenvalue weighted by atomic mass is 9.99. The van der Waals surface area contributed by atoms with Gasteiger partial charge in [0.25, 0.3) is 0 Å². The van der Waals surface area contributed by atoms with E-state index in [9.17, 15) is 13.6 Å². The minimum absolute atomic E-state index is 0.0186. The minimum atomic E-state index is -1.06. The highest BCUT2D eigenvalue weighted by Gasteiger charge is 2.27. The Labute approximate surface area is 126 Å². The number of halogens is 2. The summed E-state index contributed by atoms with van der Waals surface area (Å²) in [5.41, 5.74) is 0.578. The van der Waals surface area contributed by atoms with Gasteiger partial charge in [-0.15, -0.1) is 0 Å². The molecule has 0 saturated carbocycles. The van der Waals surface area contributed by atoms with Crippen molar-refractivity contribution in [3.05, 3.63) is 53.6 Å². The zero-order valence-electron chi connectivity index (χ0n) is 11.6. The molecule has 5 heteroatoms. The van der Waals surface area contributed by atoms with Crippen LogP contribution in [0.5, 0.6) is 0 Å². The van der Waals surface area contributed by atoms with E-state index >= 15 is 0 Å². The summed E-state index contributed by atoms with van der Waals surface area (Å²) in [6, 6.07) is 11.2. The average molecular weight is 298 g/mol. The van der Waals surface area contributed by atoms with Crippen molar-refractivity contribution in [2.24, 2.45) is 0 Å². The third-order valence-electron chi connectivity index (χ3n) is 3.76. The van der Waals surface area contributed by atoms with Gasteiger partial charge in [0.05, 0.1) is 17.3 Å². The second kappa shape index (κ2) is 5.57. The van der Waals surface area contributed by atoms with Crippen LogP contribution in [0, 0.1) is 23.0 Å². The van der Waals surface area contributed by atoms with Crippen molar-refractivity contribution in [2.75, 3.05) is 11.4 Å². The van der Waals surface area contributed by atoms with Gasteiger partial charge in [-0.05, 0) is 24.6 Å². The van der Waals surface area contributed by atoms with E-state index in [-0.39, 0.29) is 22.7 Å². The average Bonchev–Trinajstić information content (AvgIpc) is 2.96. The highest BCUT2D eigenvalue weighted by atomic mass is 19.2. The van der Waals surface area contributed by atoms with Crippen LogP contribution in [0.2, 0.25) is 0 Å². The van der Waals surface area contributed by atoms with Gasteiger partial charge in [0.15, 0.2) is 11.6 Å². The van der Waals surface area contributed by atoms with Crippen LogP contribution in [0.25, 0.3) is 11.1 Å². The molecule has 2 aromatic carbocycles. The summed E-state index contributed by atoms with van der Waals surface area (Å²) >= 11 is 0. The summed E-state index contributed by atoms with van der Waals surface area (Å²) in [6.45, 7) is 0.392. The third kappa shape index (κ3) is 2.23. The normalized spacial score (nSPS) is 14.2. The molecule has 1 aliphatic rings. The van der Waals surface area contributed by atoms with Crippen LogP contribution in [0.3, 0.4) is 0 Å². The van der Waals surface area contributed by atoms with Crippen molar-refractivity contribution < 1.29 is 13.6 Å². The molecule has 0 radical (unpaired) electrons. The SMILES string of the molecule is N#Cc1ccccc1-c1ccc(N2CCCC2=O)c(F)c1F. The standard InChI is InChI=1S/C17H12F2N2O/c18-16-13(12-5-2-1-4-11(12)10-20)7-8-14(17(16)19)21-9-3-6-15(21)22/h1-2,4-5,7-8H,3,6,9H2. The number of rotatable bonds is 2. The number of hydrogen-bond donors (Lipinski definition) is 0. The Morgan fingerprint density at radius 3 is 2.50 bits per heavy atom. The molecule has 0 unspecified atom stereocenters. The number of hydrogen-bond acceptors (Lipinski definition) is 2. The summed E-state index contributed by atoms with van der Waals surface area (Å²) in [5, 5.41) is 9.08. The van der Waals surface area contributed by atoms with E-state index in [1.807, 2.05) is 6.07 Å². The number of amides is 1. The summed E-state index contributed by atoms with van der Waals surface area (Å²) in [6.07, 6.45) is 0.985. The highest BCUT2D eigenvalue weighted by molar-refractivity contribution is 5.95. The molecule has 1 fully saturated rings. The van der Waals surface area contributed by atoms with Gasteiger partial charge in [0, 0.05) is 24.1 Å². The molecule has 2 aromatic rings. The Balaban J connectivity index is 2.11. The fourth-order valence-corrected chi connectivity index (χ4v) is 2.67. The van der Waals surface area contributed by atoms with Gasteiger partial charge >= 0.3 is 0 Å². The van der Waals surface area contributed by atoms with E-state index in [0.29, 0.717) is 24.9 Å². The lowest BCUT2D eigenvalue weighted by Gasteiger charge is -2.18. The first-order valence-corrected chi connectivity index (χ1v) is 6.91. The molecular formula is C17H12F2N2O. The number of anilines is 1. The van der Waals surface area contributed by atoms with Gasteiger partial charge in [-0.1, -0.05) is 18.2 Å². The molecule has 3 rings (SSSR count). The van der Waals surface area contributed by atoms with Crippen LogP contribution in [0.15, 0.2) is 36.4 Å². The molecule has 22 heavy (non-hydrogen) atoms. The maximum atomic E-state index is 14.4. The maximum absolute atomic E-state index is 14.4. The lowest BCUT2D eigenvalue weighted by molar-refractivity contribution is -0.117. The van der Waals surface area contributed by atoms with Crippen LogP contribution < -0.4 is 4.90 Å². The Morgan fingerprint density at radius 1 is 1.05 bits per heavy atom. The molecule has 0 N–H and O–H groups in total. The van der Waals surface area contributed by atoms with Crippen molar-refractivity contribution in [1.29, 1.82) is 5.26 Å². The molecule has 1 amide bonds. The van der Waals surface area contributed by atoms with Gasteiger partial charge in [0.1, 0.15) is 0 Å². The van der Waals surface area contributed by atoms with Crippen LogP contribution in [-0.2, 0) is 4.79 Å². The first kappa shape index (κ1) is 14.2. The smallest absolute Gasteiger partial charge is 0.227 e. The van der Waals surface area contributed by atoms with E-state index in [1.54, 1.807) is 24.3 Å². The van der Waals surface area contributed by atoms with Crippen LogP contribution in [0.1, 0.15) is 18.4 Å². The van der Waals surface area contributed by atoms with Crippen molar-refractivity contribution in [3.63, 3.8) is 0 Å². The Kier molecular flexibility index (Phi) is 3.60. The lowest BCUT2D eigenvalue weighted by Crippen LogP contribution is -2.25. The van der Waals surface area contributed by atoms with Crippen molar-refractivity contribution in [2.45, 2.75) is 12.8 Å². The van der Waals surface area contributed by atoms with E-state index in [0.717, 1.165) is 0 Å². The molecule has 0 bridgehead atoms. The predicted octanol–water partition coefficient (Wildman–Crippen LogP) is 3.63. The van der Waals surface area contributed by atoms with Gasteiger partial charge in [-0.25, -0.2) is 8.78 Å². The summed E-state index contributed by atoms with van der Waals surface area (Å²) in [7, 11) is 0. The van der Waals surface area contributed by atoms with Crippen LogP contribution >= 0.6 is 0 Å².